The fourth-order valence-corrected chi connectivity index (χ4v) is 4.33. The van der Waals surface area contributed by atoms with Gasteiger partial charge in [0.25, 0.3) is 0 Å². The number of halogens is 1. The Hall–Kier alpha value is -4.16. The third kappa shape index (κ3) is 3.50. The van der Waals surface area contributed by atoms with E-state index in [4.69, 9.17) is 16.0 Å². The third-order valence-electron chi connectivity index (χ3n) is 5.69. The van der Waals surface area contributed by atoms with Crippen LogP contribution in [0.4, 0.5) is 0 Å². The molecule has 0 bridgehead atoms. The summed E-state index contributed by atoms with van der Waals surface area (Å²) >= 11 is 6.35. The van der Waals surface area contributed by atoms with Crippen molar-refractivity contribution >= 4 is 33.5 Å². The summed E-state index contributed by atoms with van der Waals surface area (Å²) in [6.07, 6.45) is 2.54. The van der Waals surface area contributed by atoms with E-state index in [1.165, 1.54) is 6.07 Å². The van der Waals surface area contributed by atoms with E-state index < -0.39 is 5.63 Å². The van der Waals surface area contributed by atoms with Crippen LogP contribution in [-0.4, -0.2) is 20.0 Å². The Labute approximate surface area is 193 Å². The predicted molar refractivity (Wildman–Crippen MR) is 129 cm³/mol. The van der Waals surface area contributed by atoms with Crippen molar-refractivity contribution in [3.05, 3.63) is 112 Å². The van der Waals surface area contributed by atoms with Crippen molar-refractivity contribution in [3.8, 4) is 16.9 Å². The van der Waals surface area contributed by atoms with Gasteiger partial charge >= 0.3 is 5.63 Å². The molecule has 0 aliphatic heterocycles. The summed E-state index contributed by atoms with van der Waals surface area (Å²) in [7, 11) is 0. The first kappa shape index (κ1) is 19.5. The highest BCUT2D eigenvalue weighted by Crippen LogP contribution is 2.30. The molecule has 3 aromatic carbocycles. The quantitative estimate of drug-likeness (QED) is 0.345. The van der Waals surface area contributed by atoms with Gasteiger partial charge < -0.3 is 9.40 Å². The summed E-state index contributed by atoms with van der Waals surface area (Å²) < 4.78 is 7.07. The molecule has 33 heavy (non-hydrogen) atoms. The van der Waals surface area contributed by atoms with Gasteiger partial charge in [0.05, 0.1) is 11.7 Å². The molecule has 7 heteroatoms. The minimum absolute atomic E-state index is 0.405. The van der Waals surface area contributed by atoms with Crippen molar-refractivity contribution in [2.45, 2.75) is 6.42 Å². The first-order chi connectivity index (χ1) is 16.2. The van der Waals surface area contributed by atoms with Crippen molar-refractivity contribution < 1.29 is 4.42 Å². The van der Waals surface area contributed by atoms with E-state index >= 15 is 0 Å². The molecule has 0 atom stereocenters. The minimum Gasteiger partial charge on any atom is -0.420 e. The summed E-state index contributed by atoms with van der Waals surface area (Å²) in [5.41, 5.74) is 5.48. The van der Waals surface area contributed by atoms with Crippen LogP contribution in [0.2, 0.25) is 5.02 Å². The lowest BCUT2D eigenvalue weighted by Gasteiger charge is -2.03. The van der Waals surface area contributed by atoms with Gasteiger partial charge in [0.15, 0.2) is 5.58 Å². The predicted octanol–water partition coefficient (Wildman–Crippen LogP) is 5.77. The van der Waals surface area contributed by atoms with Crippen molar-refractivity contribution in [1.29, 1.82) is 0 Å². The molecule has 0 amide bonds. The van der Waals surface area contributed by atoms with Crippen LogP contribution >= 0.6 is 11.6 Å². The molecule has 0 aliphatic carbocycles. The monoisotopic (exact) mass is 452 g/mol. The van der Waals surface area contributed by atoms with Gasteiger partial charge in [-0.05, 0) is 29.8 Å². The maximum absolute atomic E-state index is 11.8. The molecule has 3 aromatic heterocycles. The van der Waals surface area contributed by atoms with Gasteiger partial charge in [-0.15, -0.1) is 5.10 Å². The standard InChI is InChI=1S/C26H17ClN4O2/c27-21-9-2-1-5-17(21)13-19-14-18-7-3-8-20(25(18)28-19)22-15-31(30-29-22)23-10-4-6-16-11-12-24(32)33-26(16)23/h1-12,14-15,28H,13H2. The lowest BCUT2D eigenvalue weighted by molar-refractivity contribution is 0.557. The number of aromatic amines is 1. The highest BCUT2D eigenvalue weighted by atomic mass is 35.5. The molecule has 6 nitrogen and oxygen atoms in total. The van der Waals surface area contributed by atoms with Gasteiger partial charge in [0.1, 0.15) is 11.4 Å². The molecule has 160 valence electrons. The Balaban J connectivity index is 1.42. The molecular weight excluding hydrogens is 436 g/mol. The topological polar surface area (TPSA) is 76.7 Å². The second-order valence-electron chi connectivity index (χ2n) is 7.83. The second kappa shape index (κ2) is 7.76. The average molecular weight is 453 g/mol. The van der Waals surface area contributed by atoms with E-state index in [-0.39, 0.29) is 0 Å². The van der Waals surface area contributed by atoms with Crippen LogP contribution in [-0.2, 0) is 6.42 Å². The first-order valence-electron chi connectivity index (χ1n) is 10.5. The Morgan fingerprint density at radius 3 is 2.70 bits per heavy atom. The number of fused-ring (bicyclic) bond motifs is 2. The van der Waals surface area contributed by atoms with E-state index in [1.54, 1.807) is 10.7 Å². The zero-order valence-corrected chi connectivity index (χ0v) is 18.1. The van der Waals surface area contributed by atoms with Gasteiger partial charge in [-0.2, -0.15) is 0 Å². The minimum atomic E-state index is -0.405. The maximum Gasteiger partial charge on any atom is 0.336 e. The Bertz CT molecular complexity index is 1700. The fraction of sp³-hybridized carbons (Fsp3) is 0.0385. The van der Waals surface area contributed by atoms with Gasteiger partial charge in [-0.1, -0.05) is 65.3 Å². The van der Waals surface area contributed by atoms with Gasteiger partial charge in [-0.3, -0.25) is 0 Å². The molecule has 6 rings (SSSR count). The highest BCUT2D eigenvalue weighted by Gasteiger charge is 2.14. The van der Waals surface area contributed by atoms with E-state index in [0.29, 0.717) is 23.4 Å². The molecule has 0 fully saturated rings. The van der Waals surface area contributed by atoms with Crippen LogP contribution in [0, 0.1) is 0 Å². The Kier molecular flexibility index (Phi) is 4.59. The van der Waals surface area contributed by atoms with Crippen molar-refractivity contribution in [1.82, 2.24) is 20.0 Å². The number of rotatable bonds is 4. The van der Waals surface area contributed by atoms with E-state index in [2.05, 4.69) is 27.4 Å². The molecule has 0 unspecified atom stereocenters. The lowest BCUT2D eigenvalue weighted by atomic mass is 10.1. The number of H-pyrrole nitrogens is 1. The number of nitrogens with one attached hydrogen (secondary N) is 1. The molecule has 6 aromatic rings. The average Bonchev–Trinajstić information content (AvgIpc) is 3.47. The summed E-state index contributed by atoms with van der Waals surface area (Å²) in [5, 5.41) is 11.4. The Morgan fingerprint density at radius 2 is 1.79 bits per heavy atom. The molecule has 0 aliphatic rings. The van der Waals surface area contributed by atoms with Crippen LogP contribution in [0.1, 0.15) is 11.3 Å². The van der Waals surface area contributed by atoms with E-state index in [1.807, 2.05) is 60.8 Å². The summed E-state index contributed by atoms with van der Waals surface area (Å²) in [5.74, 6) is 0. The number of hydrogen-bond acceptors (Lipinski definition) is 4. The van der Waals surface area contributed by atoms with Crippen LogP contribution < -0.4 is 5.63 Å². The van der Waals surface area contributed by atoms with Crippen molar-refractivity contribution in [2.75, 3.05) is 0 Å². The molecule has 1 N–H and O–H groups in total. The zero-order valence-electron chi connectivity index (χ0n) is 17.3. The van der Waals surface area contributed by atoms with Crippen molar-refractivity contribution in [2.24, 2.45) is 0 Å². The number of para-hydroxylation sites is 2. The third-order valence-corrected chi connectivity index (χ3v) is 6.06. The normalized spacial score (nSPS) is 11.4. The smallest absolute Gasteiger partial charge is 0.336 e. The van der Waals surface area contributed by atoms with Gasteiger partial charge in [0, 0.05) is 39.5 Å². The van der Waals surface area contributed by atoms with E-state index in [9.17, 15) is 4.79 Å². The lowest BCUT2D eigenvalue weighted by Crippen LogP contribution is -2.00. The van der Waals surface area contributed by atoms with E-state index in [0.717, 1.165) is 38.1 Å². The molecule has 0 saturated heterocycles. The van der Waals surface area contributed by atoms with Gasteiger partial charge in [0.2, 0.25) is 0 Å². The second-order valence-corrected chi connectivity index (χ2v) is 8.24. The fourth-order valence-electron chi connectivity index (χ4n) is 4.13. The zero-order chi connectivity index (χ0) is 22.4. The molecule has 0 radical (unpaired) electrons. The van der Waals surface area contributed by atoms with Gasteiger partial charge in [-0.25, -0.2) is 9.48 Å². The molecular formula is C26H17ClN4O2. The SMILES string of the molecule is O=c1ccc2cccc(-n3cc(-c4cccc5cc(Cc6ccccc6Cl)[nH]c45)nn3)c2o1. The summed E-state index contributed by atoms with van der Waals surface area (Å²) in [6.45, 7) is 0. The molecule has 0 saturated carbocycles. The molecule has 0 spiro atoms. The number of aromatic nitrogens is 4. The van der Waals surface area contributed by atoms with Crippen LogP contribution in [0.15, 0.2) is 94.3 Å². The van der Waals surface area contributed by atoms with Crippen LogP contribution in [0.3, 0.4) is 0 Å². The number of hydrogen-bond donors (Lipinski definition) is 1. The first-order valence-corrected chi connectivity index (χ1v) is 10.8. The van der Waals surface area contributed by atoms with Crippen LogP contribution in [0.5, 0.6) is 0 Å². The summed E-state index contributed by atoms with van der Waals surface area (Å²) in [6, 6.07) is 24.8. The van der Waals surface area contributed by atoms with Crippen LogP contribution in [0.25, 0.3) is 38.8 Å². The Morgan fingerprint density at radius 1 is 0.939 bits per heavy atom. The highest BCUT2D eigenvalue weighted by molar-refractivity contribution is 6.31. The number of nitrogens with zero attached hydrogens (tertiary/aromatic N) is 3. The number of benzene rings is 3. The largest absolute Gasteiger partial charge is 0.420 e. The maximum atomic E-state index is 11.8. The molecule has 3 heterocycles. The summed E-state index contributed by atoms with van der Waals surface area (Å²) in [4.78, 5) is 15.3. The van der Waals surface area contributed by atoms with Crippen molar-refractivity contribution in [3.63, 3.8) is 0 Å².